The lowest BCUT2D eigenvalue weighted by atomic mass is 10.2. The lowest BCUT2D eigenvalue weighted by Gasteiger charge is -1.82. The minimum absolute atomic E-state index is 1.08. The monoisotopic (exact) mass is 218 g/mol. The van der Waals surface area contributed by atoms with Crippen LogP contribution in [0.15, 0.2) is 55.1 Å². The van der Waals surface area contributed by atoms with E-state index in [4.69, 9.17) is 0 Å². The number of hydrogen-bond acceptors (Lipinski definition) is 0. The highest BCUT2D eigenvalue weighted by Crippen LogP contribution is 1.92. The van der Waals surface area contributed by atoms with E-state index < -0.39 is 0 Å². The van der Waals surface area contributed by atoms with Gasteiger partial charge in [-0.05, 0) is 26.7 Å². The van der Waals surface area contributed by atoms with Crippen molar-refractivity contribution in [3.05, 3.63) is 60.7 Å². The summed E-state index contributed by atoms with van der Waals surface area (Å²) < 4.78 is 0. The van der Waals surface area contributed by atoms with Crippen LogP contribution >= 0.6 is 0 Å². The first-order chi connectivity index (χ1) is 7.58. The average Bonchev–Trinajstić information content (AvgIpc) is 2.31. The summed E-state index contributed by atoms with van der Waals surface area (Å²) in [6.45, 7) is 15.4. The van der Waals surface area contributed by atoms with Gasteiger partial charge >= 0.3 is 0 Å². The minimum atomic E-state index is 1.08. The highest BCUT2D eigenvalue weighted by molar-refractivity contribution is 5.11. The first kappa shape index (κ1) is 17.1. The fraction of sp³-hybridized carbons (Fsp3) is 0.375. The van der Waals surface area contributed by atoms with Crippen LogP contribution in [0.3, 0.4) is 0 Å². The molecule has 0 saturated carbocycles. The molecule has 0 atom stereocenters. The Bertz CT molecular complexity index is 257. The molecule has 16 heavy (non-hydrogen) atoms. The van der Waals surface area contributed by atoms with Crippen LogP contribution in [0.4, 0.5) is 0 Å². The second kappa shape index (κ2) is 13.7. The Kier molecular flexibility index (Phi) is 14.6. The zero-order chi connectivity index (χ0) is 12.8. The summed E-state index contributed by atoms with van der Waals surface area (Å²) in [6, 6.07) is 10.3. The van der Waals surface area contributed by atoms with Crippen molar-refractivity contribution >= 4 is 0 Å². The van der Waals surface area contributed by atoms with Gasteiger partial charge in [-0.1, -0.05) is 61.4 Å². The smallest absolute Gasteiger partial charge is 0.0354 e. The van der Waals surface area contributed by atoms with E-state index in [0.29, 0.717) is 0 Å². The molecule has 0 N–H and O–H groups in total. The number of allylic oxidation sites excluding steroid dienone is 2. The van der Waals surface area contributed by atoms with Crippen LogP contribution in [0, 0.1) is 6.92 Å². The second-order valence-electron chi connectivity index (χ2n) is 3.66. The van der Waals surface area contributed by atoms with Gasteiger partial charge in [0, 0.05) is 0 Å². The van der Waals surface area contributed by atoms with Gasteiger partial charge in [0.15, 0.2) is 0 Å². The maximum atomic E-state index is 3.67. The number of rotatable bonds is 2. The van der Waals surface area contributed by atoms with Gasteiger partial charge < -0.3 is 0 Å². The first-order valence-corrected chi connectivity index (χ1v) is 5.85. The van der Waals surface area contributed by atoms with Gasteiger partial charge in [-0.25, -0.2) is 0 Å². The number of aryl methyl sites for hydroxylation is 1. The molecule has 90 valence electrons. The van der Waals surface area contributed by atoms with E-state index in [9.17, 15) is 0 Å². The van der Waals surface area contributed by atoms with Gasteiger partial charge in [-0.2, -0.15) is 0 Å². The highest BCUT2D eigenvalue weighted by Gasteiger charge is 1.72. The molecular weight excluding hydrogens is 192 g/mol. The summed E-state index contributed by atoms with van der Waals surface area (Å²) in [6.07, 6.45) is 4.07. The van der Waals surface area contributed by atoms with E-state index in [1.54, 1.807) is 0 Å². The van der Waals surface area contributed by atoms with Gasteiger partial charge in [-0.15, -0.1) is 13.2 Å². The van der Waals surface area contributed by atoms with Crippen molar-refractivity contribution in [3.8, 4) is 0 Å². The van der Waals surface area contributed by atoms with Crippen LogP contribution in [0.2, 0.25) is 0 Å². The first-order valence-electron chi connectivity index (χ1n) is 5.85. The Balaban J connectivity index is 0. The van der Waals surface area contributed by atoms with Crippen molar-refractivity contribution in [3.63, 3.8) is 0 Å². The van der Waals surface area contributed by atoms with Gasteiger partial charge in [-0.3, -0.25) is 0 Å². The molecular formula is C16H26. The van der Waals surface area contributed by atoms with E-state index in [1.165, 1.54) is 11.1 Å². The number of hydrogen-bond donors (Lipinski definition) is 0. The molecule has 0 unspecified atom stereocenters. The topological polar surface area (TPSA) is 0 Å². The van der Waals surface area contributed by atoms with Crippen LogP contribution in [-0.4, -0.2) is 0 Å². The summed E-state index contributed by atoms with van der Waals surface area (Å²) in [5.41, 5.74) is 2.58. The predicted molar refractivity (Wildman–Crippen MR) is 76.8 cm³/mol. The zero-order valence-corrected chi connectivity index (χ0v) is 11.3. The van der Waals surface area contributed by atoms with Crippen molar-refractivity contribution in [2.24, 2.45) is 0 Å². The molecule has 0 aromatic heterocycles. The van der Waals surface area contributed by atoms with Crippen molar-refractivity contribution in [2.45, 2.75) is 40.5 Å². The summed E-state index contributed by atoms with van der Waals surface area (Å²) in [7, 11) is 0. The molecule has 0 fully saturated rings. The molecule has 0 heterocycles. The molecule has 0 saturated heterocycles. The third-order valence-corrected chi connectivity index (χ3v) is 1.83. The molecule has 1 rings (SSSR count). The summed E-state index contributed by atoms with van der Waals surface area (Å²) in [5, 5.41) is 0. The molecule has 0 bridgehead atoms. The van der Waals surface area contributed by atoms with E-state index in [1.807, 2.05) is 31.2 Å². The maximum absolute atomic E-state index is 3.67. The molecule has 0 radical (unpaired) electrons. The van der Waals surface area contributed by atoms with Crippen LogP contribution in [0.1, 0.15) is 39.2 Å². The van der Waals surface area contributed by atoms with Gasteiger partial charge in [0.1, 0.15) is 0 Å². The molecule has 0 aliphatic heterocycles. The lowest BCUT2D eigenvalue weighted by molar-refractivity contribution is 1.11. The summed E-state index contributed by atoms with van der Waals surface area (Å²) in [4.78, 5) is 0. The quantitative estimate of drug-likeness (QED) is 0.571. The van der Waals surface area contributed by atoms with Crippen molar-refractivity contribution < 1.29 is 0 Å². The number of benzene rings is 1. The summed E-state index contributed by atoms with van der Waals surface area (Å²) in [5.74, 6) is 0. The Morgan fingerprint density at radius 2 is 1.56 bits per heavy atom. The average molecular weight is 218 g/mol. The van der Waals surface area contributed by atoms with E-state index in [0.717, 1.165) is 12.8 Å². The Morgan fingerprint density at radius 3 is 1.69 bits per heavy atom. The van der Waals surface area contributed by atoms with Crippen LogP contribution in [-0.2, 0) is 0 Å². The van der Waals surface area contributed by atoms with Crippen molar-refractivity contribution in [1.29, 1.82) is 0 Å². The largest absolute Gasteiger partial charge is 0.103 e. The maximum Gasteiger partial charge on any atom is -0.0354 e. The SMILES string of the molecule is C=C(C)CC.C=CCC.Cc1ccccc1. The Labute approximate surface area is 102 Å². The third kappa shape index (κ3) is 18.5. The van der Waals surface area contributed by atoms with Crippen LogP contribution < -0.4 is 0 Å². The van der Waals surface area contributed by atoms with E-state index in [-0.39, 0.29) is 0 Å². The van der Waals surface area contributed by atoms with Gasteiger partial charge in [0.25, 0.3) is 0 Å². The predicted octanol–water partition coefficient (Wildman–Crippen LogP) is 5.55. The fourth-order valence-electron chi connectivity index (χ4n) is 0.534. The normalized spacial score (nSPS) is 7.75. The molecule has 0 amide bonds. The molecule has 1 aromatic rings. The Morgan fingerprint density at radius 1 is 1.19 bits per heavy atom. The zero-order valence-electron chi connectivity index (χ0n) is 11.3. The Hall–Kier alpha value is -1.30. The molecule has 0 heteroatoms. The van der Waals surface area contributed by atoms with E-state index >= 15 is 0 Å². The molecule has 1 aromatic carbocycles. The fourth-order valence-corrected chi connectivity index (χ4v) is 0.534. The standard InChI is InChI=1S/C7H8.C5H10.C4H8/c1-7-5-3-2-4-6-7;1-4-5(2)3;1-3-4-2/h2-6H,1H3;2,4H2,1,3H3;3H,1,4H2,2H3. The van der Waals surface area contributed by atoms with Crippen molar-refractivity contribution in [1.82, 2.24) is 0 Å². The molecule has 0 aliphatic carbocycles. The third-order valence-electron chi connectivity index (χ3n) is 1.83. The second-order valence-corrected chi connectivity index (χ2v) is 3.66. The molecule has 0 spiro atoms. The summed E-state index contributed by atoms with van der Waals surface area (Å²) >= 11 is 0. The van der Waals surface area contributed by atoms with Crippen molar-refractivity contribution in [2.75, 3.05) is 0 Å². The highest BCUT2D eigenvalue weighted by atomic mass is 13.8. The van der Waals surface area contributed by atoms with Gasteiger partial charge in [0.05, 0.1) is 0 Å². The van der Waals surface area contributed by atoms with E-state index in [2.05, 4.69) is 46.1 Å². The molecule has 0 nitrogen and oxygen atoms in total. The van der Waals surface area contributed by atoms with Gasteiger partial charge in [0.2, 0.25) is 0 Å². The molecule has 0 aliphatic rings. The minimum Gasteiger partial charge on any atom is -0.103 e. The van der Waals surface area contributed by atoms with Crippen LogP contribution in [0.25, 0.3) is 0 Å². The lowest BCUT2D eigenvalue weighted by Crippen LogP contribution is -1.62. The van der Waals surface area contributed by atoms with Crippen LogP contribution in [0.5, 0.6) is 0 Å².